The summed E-state index contributed by atoms with van der Waals surface area (Å²) in [5, 5.41) is 11.7. The quantitative estimate of drug-likeness (QED) is 0.572. The number of halogens is 1. The molecule has 0 spiro atoms. The van der Waals surface area contributed by atoms with E-state index in [0.717, 1.165) is 0 Å². The SMILES string of the molecule is CCOC(=O)c1cnn(CC(Cl)C#N)c1. The van der Waals surface area contributed by atoms with Crippen molar-refractivity contribution in [1.29, 1.82) is 5.26 Å². The predicted octanol–water partition coefficient (Wildman–Crippen LogP) is 1.19. The van der Waals surface area contributed by atoms with E-state index < -0.39 is 11.3 Å². The molecule has 0 fully saturated rings. The lowest BCUT2D eigenvalue weighted by atomic mass is 10.4. The Hall–Kier alpha value is -1.54. The van der Waals surface area contributed by atoms with Crippen molar-refractivity contribution in [3.63, 3.8) is 0 Å². The number of alkyl halides is 1. The number of esters is 1. The Morgan fingerprint density at radius 2 is 2.60 bits per heavy atom. The first-order valence-electron chi connectivity index (χ1n) is 4.40. The molecule has 0 aliphatic heterocycles. The number of ether oxygens (including phenoxy) is 1. The number of hydrogen-bond donors (Lipinski definition) is 0. The summed E-state index contributed by atoms with van der Waals surface area (Å²) < 4.78 is 6.22. The van der Waals surface area contributed by atoms with Crippen LogP contribution in [0, 0.1) is 11.3 Å². The summed E-state index contributed by atoms with van der Waals surface area (Å²) in [7, 11) is 0. The highest BCUT2D eigenvalue weighted by molar-refractivity contribution is 6.22. The molecule has 15 heavy (non-hydrogen) atoms. The second kappa shape index (κ2) is 5.37. The molecule has 1 rings (SSSR count). The molecule has 1 atom stereocenters. The molecule has 0 radical (unpaired) electrons. The van der Waals surface area contributed by atoms with Crippen LogP contribution >= 0.6 is 11.6 Å². The summed E-state index contributed by atoms with van der Waals surface area (Å²) in [5.74, 6) is -0.424. The van der Waals surface area contributed by atoms with Crippen molar-refractivity contribution < 1.29 is 9.53 Å². The van der Waals surface area contributed by atoms with Crippen LogP contribution in [0.4, 0.5) is 0 Å². The van der Waals surface area contributed by atoms with E-state index in [4.69, 9.17) is 21.6 Å². The van der Waals surface area contributed by atoms with Gasteiger partial charge in [0, 0.05) is 6.20 Å². The number of nitriles is 1. The van der Waals surface area contributed by atoms with E-state index in [-0.39, 0.29) is 6.54 Å². The van der Waals surface area contributed by atoms with Crippen LogP contribution in [-0.4, -0.2) is 27.7 Å². The van der Waals surface area contributed by atoms with E-state index in [1.807, 2.05) is 6.07 Å². The minimum atomic E-state index is -0.653. The molecular formula is C9H10ClN3O2. The van der Waals surface area contributed by atoms with Crippen molar-refractivity contribution >= 4 is 17.6 Å². The van der Waals surface area contributed by atoms with Crippen LogP contribution in [0.15, 0.2) is 12.4 Å². The number of rotatable bonds is 4. The van der Waals surface area contributed by atoms with Crippen LogP contribution in [0.3, 0.4) is 0 Å². The van der Waals surface area contributed by atoms with Gasteiger partial charge in [0.1, 0.15) is 5.38 Å². The Morgan fingerprint density at radius 3 is 3.20 bits per heavy atom. The molecule has 0 saturated carbocycles. The Balaban J connectivity index is 2.64. The Morgan fingerprint density at radius 1 is 1.87 bits per heavy atom. The molecule has 6 heteroatoms. The first-order valence-corrected chi connectivity index (χ1v) is 4.84. The van der Waals surface area contributed by atoms with E-state index in [2.05, 4.69) is 5.10 Å². The fraction of sp³-hybridized carbons (Fsp3) is 0.444. The molecule has 0 N–H and O–H groups in total. The summed E-state index contributed by atoms with van der Waals surface area (Å²) in [4.78, 5) is 11.2. The van der Waals surface area contributed by atoms with Crippen LogP contribution in [-0.2, 0) is 11.3 Å². The topological polar surface area (TPSA) is 67.9 Å². The molecule has 80 valence electrons. The van der Waals surface area contributed by atoms with Gasteiger partial charge in [0.15, 0.2) is 0 Å². The van der Waals surface area contributed by atoms with E-state index >= 15 is 0 Å². The average molecular weight is 228 g/mol. The Labute approximate surface area is 92.2 Å². The van der Waals surface area contributed by atoms with Crippen molar-refractivity contribution in [2.24, 2.45) is 0 Å². The summed E-state index contributed by atoms with van der Waals surface area (Å²) in [5.41, 5.74) is 0.360. The van der Waals surface area contributed by atoms with E-state index in [1.54, 1.807) is 6.92 Å². The summed E-state index contributed by atoms with van der Waals surface area (Å²) >= 11 is 5.61. The second-order valence-electron chi connectivity index (χ2n) is 2.77. The van der Waals surface area contributed by atoms with Crippen LogP contribution in [0.5, 0.6) is 0 Å². The van der Waals surface area contributed by atoms with E-state index in [0.29, 0.717) is 12.2 Å². The smallest absolute Gasteiger partial charge is 0.341 e. The first kappa shape index (κ1) is 11.5. The molecule has 0 amide bonds. The molecule has 0 aromatic carbocycles. The molecule has 0 saturated heterocycles. The highest BCUT2D eigenvalue weighted by Gasteiger charge is 2.10. The summed E-state index contributed by atoms with van der Waals surface area (Å²) in [6.07, 6.45) is 2.89. The maximum absolute atomic E-state index is 11.2. The third kappa shape index (κ3) is 3.26. The van der Waals surface area contributed by atoms with Gasteiger partial charge in [-0.3, -0.25) is 4.68 Å². The maximum Gasteiger partial charge on any atom is 0.341 e. The van der Waals surface area contributed by atoms with Crippen LogP contribution in [0.25, 0.3) is 0 Å². The lowest BCUT2D eigenvalue weighted by molar-refractivity contribution is 0.0526. The molecule has 0 aliphatic rings. The van der Waals surface area contributed by atoms with Gasteiger partial charge in [-0.25, -0.2) is 4.79 Å². The first-order chi connectivity index (χ1) is 7.17. The minimum Gasteiger partial charge on any atom is -0.462 e. The number of carbonyl (C=O) groups is 1. The van der Waals surface area contributed by atoms with Gasteiger partial charge in [0.25, 0.3) is 0 Å². The highest BCUT2D eigenvalue weighted by atomic mass is 35.5. The zero-order valence-corrected chi connectivity index (χ0v) is 8.94. The highest BCUT2D eigenvalue weighted by Crippen LogP contribution is 2.03. The Kier molecular flexibility index (Phi) is 4.13. The predicted molar refractivity (Wildman–Crippen MR) is 53.4 cm³/mol. The molecular weight excluding hydrogens is 218 g/mol. The standard InChI is InChI=1S/C9H10ClN3O2/c1-2-15-9(14)7-4-12-13(5-7)6-8(10)3-11/h4-5,8H,2,6H2,1H3. The van der Waals surface area contributed by atoms with Crippen LogP contribution in [0.1, 0.15) is 17.3 Å². The molecule has 0 bridgehead atoms. The van der Waals surface area contributed by atoms with E-state index in [9.17, 15) is 4.79 Å². The molecule has 0 aliphatic carbocycles. The third-order valence-electron chi connectivity index (χ3n) is 1.63. The number of nitrogens with zero attached hydrogens (tertiary/aromatic N) is 3. The van der Waals surface area contributed by atoms with Gasteiger partial charge >= 0.3 is 5.97 Å². The van der Waals surface area contributed by atoms with Gasteiger partial charge in [-0.2, -0.15) is 10.4 Å². The zero-order chi connectivity index (χ0) is 11.3. The van der Waals surface area contributed by atoms with E-state index in [1.165, 1.54) is 17.1 Å². The monoisotopic (exact) mass is 227 g/mol. The molecule has 1 aromatic rings. The second-order valence-corrected chi connectivity index (χ2v) is 3.29. The summed E-state index contributed by atoms with van der Waals surface area (Å²) in [6, 6.07) is 1.87. The average Bonchev–Trinajstić information content (AvgIpc) is 2.66. The van der Waals surface area contributed by atoms with Gasteiger partial charge in [-0.05, 0) is 6.92 Å². The minimum absolute atomic E-state index is 0.247. The van der Waals surface area contributed by atoms with Gasteiger partial charge in [-0.15, -0.1) is 11.6 Å². The summed E-state index contributed by atoms with van der Waals surface area (Å²) in [6.45, 7) is 2.30. The number of carbonyl (C=O) groups excluding carboxylic acids is 1. The fourth-order valence-corrected chi connectivity index (χ4v) is 1.13. The normalized spacial score (nSPS) is 11.8. The van der Waals surface area contributed by atoms with Crippen LogP contribution < -0.4 is 0 Å². The van der Waals surface area contributed by atoms with Gasteiger partial charge < -0.3 is 4.74 Å². The van der Waals surface area contributed by atoms with Crippen molar-refractivity contribution in [1.82, 2.24) is 9.78 Å². The molecule has 1 aromatic heterocycles. The number of hydrogen-bond acceptors (Lipinski definition) is 4. The number of aromatic nitrogens is 2. The van der Waals surface area contributed by atoms with Gasteiger partial charge in [0.2, 0.25) is 0 Å². The van der Waals surface area contributed by atoms with Crippen molar-refractivity contribution in [2.45, 2.75) is 18.8 Å². The van der Waals surface area contributed by atoms with Gasteiger partial charge in [-0.1, -0.05) is 0 Å². The largest absolute Gasteiger partial charge is 0.462 e. The van der Waals surface area contributed by atoms with Gasteiger partial charge in [0.05, 0.1) is 31.0 Å². The molecule has 1 unspecified atom stereocenters. The molecule has 5 nitrogen and oxygen atoms in total. The third-order valence-corrected chi connectivity index (χ3v) is 1.87. The van der Waals surface area contributed by atoms with Crippen LogP contribution in [0.2, 0.25) is 0 Å². The zero-order valence-electron chi connectivity index (χ0n) is 8.18. The van der Waals surface area contributed by atoms with Crippen molar-refractivity contribution in [2.75, 3.05) is 6.61 Å². The maximum atomic E-state index is 11.2. The lowest BCUT2D eigenvalue weighted by Gasteiger charge is -1.99. The van der Waals surface area contributed by atoms with Crippen molar-refractivity contribution in [3.05, 3.63) is 18.0 Å². The lowest BCUT2D eigenvalue weighted by Crippen LogP contribution is -2.09. The Bertz CT molecular complexity index is 383. The molecule has 1 heterocycles. The van der Waals surface area contributed by atoms with Crippen molar-refractivity contribution in [3.8, 4) is 6.07 Å². The fourth-order valence-electron chi connectivity index (χ4n) is 0.988.